The van der Waals surface area contributed by atoms with E-state index in [0.717, 1.165) is 12.1 Å². The zero-order chi connectivity index (χ0) is 10.8. The van der Waals surface area contributed by atoms with E-state index in [1.807, 2.05) is 13.1 Å². The monoisotopic (exact) mass is 224 g/mol. The van der Waals surface area contributed by atoms with Gasteiger partial charge in [-0.25, -0.2) is 4.98 Å². The van der Waals surface area contributed by atoms with Crippen LogP contribution < -0.4 is 4.90 Å². The highest BCUT2D eigenvalue weighted by molar-refractivity contribution is 6.30. The quantitative estimate of drug-likeness (QED) is 0.680. The predicted molar refractivity (Wildman–Crippen MR) is 64.6 cm³/mol. The van der Waals surface area contributed by atoms with Gasteiger partial charge in [-0.05, 0) is 44.7 Å². The van der Waals surface area contributed by atoms with E-state index in [0.29, 0.717) is 11.2 Å². The number of halogens is 1. The van der Waals surface area contributed by atoms with Crippen molar-refractivity contribution in [1.29, 1.82) is 0 Å². The topological polar surface area (TPSA) is 16.1 Å². The molecule has 2 heterocycles. The summed E-state index contributed by atoms with van der Waals surface area (Å²) in [7, 11) is 0. The number of anilines is 1. The first-order chi connectivity index (χ1) is 7.18. The van der Waals surface area contributed by atoms with Crippen molar-refractivity contribution in [3.05, 3.63) is 23.0 Å². The van der Waals surface area contributed by atoms with Crippen LogP contribution in [0.5, 0.6) is 0 Å². The third-order valence-corrected chi connectivity index (χ3v) is 3.53. The van der Waals surface area contributed by atoms with E-state index in [1.165, 1.54) is 24.9 Å². The van der Waals surface area contributed by atoms with E-state index in [4.69, 9.17) is 11.6 Å². The number of pyridine rings is 1. The molecule has 1 fully saturated rings. The molecule has 1 aromatic heterocycles. The maximum absolute atomic E-state index is 5.93. The summed E-state index contributed by atoms with van der Waals surface area (Å²) in [6.45, 7) is 5.43. The van der Waals surface area contributed by atoms with Crippen molar-refractivity contribution >= 4 is 17.3 Å². The fourth-order valence-electron chi connectivity index (χ4n) is 2.18. The minimum Gasteiger partial charge on any atom is -0.368 e. The number of hydrogen-bond donors (Lipinski definition) is 0. The highest BCUT2D eigenvalue weighted by Gasteiger charge is 2.18. The Bertz CT molecular complexity index is 351. The first-order valence-corrected chi connectivity index (χ1v) is 5.95. The zero-order valence-electron chi connectivity index (χ0n) is 9.33. The van der Waals surface area contributed by atoms with Crippen LogP contribution in [0.1, 0.15) is 31.7 Å². The number of piperidine rings is 1. The second kappa shape index (κ2) is 4.40. The van der Waals surface area contributed by atoms with E-state index < -0.39 is 0 Å². The Morgan fingerprint density at radius 1 is 1.47 bits per heavy atom. The summed E-state index contributed by atoms with van der Waals surface area (Å²) in [6.07, 6.45) is 5.79. The molecule has 1 unspecified atom stereocenters. The number of rotatable bonds is 1. The molecule has 0 bridgehead atoms. The van der Waals surface area contributed by atoms with Gasteiger partial charge in [-0.3, -0.25) is 0 Å². The average Bonchev–Trinajstić information content (AvgIpc) is 2.23. The molecule has 0 N–H and O–H groups in total. The number of aromatic nitrogens is 1. The summed E-state index contributed by atoms with van der Waals surface area (Å²) in [4.78, 5) is 6.64. The highest BCUT2D eigenvalue weighted by atomic mass is 35.5. The van der Waals surface area contributed by atoms with Crippen LogP contribution in [0.25, 0.3) is 0 Å². The Morgan fingerprint density at radius 2 is 2.27 bits per heavy atom. The Hall–Kier alpha value is -0.760. The van der Waals surface area contributed by atoms with Gasteiger partial charge in [-0.1, -0.05) is 11.6 Å². The summed E-state index contributed by atoms with van der Waals surface area (Å²) in [5.41, 5.74) is 2.27. The Balaban J connectivity index is 2.24. The van der Waals surface area contributed by atoms with Crippen LogP contribution in [0.3, 0.4) is 0 Å². The molecule has 0 radical (unpaired) electrons. The molecule has 2 nitrogen and oxygen atoms in total. The molecular weight excluding hydrogens is 208 g/mol. The SMILES string of the molecule is Cc1cc(N2CCCCC2C)cnc1Cl. The highest BCUT2D eigenvalue weighted by Crippen LogP contribution is 2.26. The minimum absolute atomic E-state index is 0.614. The van der Waals surface area contributed by atoms with Gasteiger partial charge in [0.25, 0.3) is 0 Å². The van der Waals surface area contributed by atoms with Crippen molar-refractivity contribution in [1.82, 2.24) is 4.98 Å². The van der Waals surface area contributed by atoms with Crippen molar-refractivity contribution in [3.63, 3.8) is 0 Å². The first kappa shape index (κ1) is 10.7. The number of hydrogen-bond acceptors (Lipinski definition) is 2. The van der Waals surface area contributed by atoms with Crippen LogP contribution in [-0.2, 0) is 0 Å². The average molecular weight is 225 g/mol. The van der Waals surface area contributed by atoms with Crippen LogP contribution in [0, 0.1) is 6.92 Å². The molecule has 82 valence electrons. The fourth-order valence-corrected chi connectivity index (χ4v) is 2.29. The maximum atomic E-state index is 5.93. The van der Waals surface area contributed by atoms with Gasteiger partial charge in [0, 0.05) is 12.6 Å². The molecule has 1 atom stereocenters. The second-order valence-electron chi connectivity index (χ2n) is 4.34. The van der Waals surface area contributed by atoms with E-state index in [1.54, 1.807) is 0 Å². The third-order valence-electron chi connectivity index (χ3n) is 3.13. The van der Waals surface area contributed by atoms with Crippen molar-refractivity contribution in [2.45, 2.75) is 39.2 Å². The van der Waals surface area contributed by atoms with Gasteiger partial charge < -0.3 is 4.90 Å². The van der Waals surface area contributed by atoms with E-state index >= 15 is 0 Å². The van der Waals surface area contributed by atoms with Gasteiger partial charge in [0.1, 0.15) is 5.15 Å². The first-order valence-electron chi connectivity index (χ1n) is 5.57. The Morgan fingerprint density at radius 3 is 2.93 bits per heavy atom. The lowest BCUT2D eigenvalue weighted by molar-refractivity contribution is 0.484. The molecule has 1 saturated heterocycles. The molecule has 15 heavy (non-hydrogen) atoms. The molecule has 0 aromatic carbocycles. The predicted octanol–water partition coefficient (Wildman–Crippen LogP) is 3.42. The van der Waals surface area contributed by atoms with Gasteiger partial charge in [0.2, 0.25) is 0 Å². The Labute approximate surface area is 96.3 Å². The van der Waals surface area contributed by atoms with Gasteiger partial charge in [0.05, 0.1) is 11.9 Å². The lowest BCUT2D eigenvalue weighted by atomic mass is 10.0. The number of nitrogens with zero attached hydrogens (tertiary/aromatic N) is 2. The summed E-state index contributed by atoms with van der Waals surface area (Å²) in [5, 5.41) is 0.614. The molecule has 0 aliphatic carbocycles. The van der Waals surface area contributed by atoms with Crippen LogP contribution in [0.15, 0.2) is 12.3 Å². The maximum Gasteiger partial charge on any atom is 0.132 e. The normalized spacial score (nSPS) is 21.8. The van der Waals surface area contributed by atoms with E-state index in [9.17, 15) is 0 Å². The summed E-state index contributed by atoms with van der Waals surface area (Å²) in [5.74, 6) is 0. The molecule has 1 aromatic rings. The van der Waals surface area contributed by atoms with Crippen molar-refractivity contribution < 1.29 is 0 Å². The molecule has 1 aliphatic rings. The Kier molecular flexibility index (Phi) is 3.15. The van der Waals surface area contributed by atoms with E-state index in [-0.39, 0.29) is 0 Å². The zero-order valence-corrected chi connectivity index (χ0v) is 10.1. The van der Waals surface area contributed by atoms with Gasteiger partial charge in [0.15, 0.2) is 0 Å². The van der Waals surface area contributed by atoms with Gasteiger partial charge >= 0.3 is 0 Å². The molecular formula is C12H17ClN2. The smallest absolute Gasteiger partial charge is 0.132 e. The van der Waals surface area contributed by atoms with Crippen molar-refractivity contribution in [2.24, 2.45) is 0 Å². The molecule has 1 aliphatic heterocycles. The lowest BCUT2D eigenvalue weighted by Gasteiger charge is -2.35. The standard InChI is InChI=1S/C12H17ClN2/c1-9-7-11(8-14-12(9)13)15-6-4-3-5-10(15)2/h7-8,10H,3-6H2,1-2H3. The van der Waals surface area contributed by atoms with Crippen LogP contribution in [-0.4, -0.2) is 17.6 Å². The summed E-state index contributed by atoms with van der Waals surface area (Å²) in [6, 6.07) is 2.76. The van der Waals surface area contributed by atoms with Crippen LogP contribution in [0.4, 0.5) is 5.69 Å². The molecule has 0 amide bonds. The third kappa shape index (κ3) is 2.25. The van der Waals surface area contributed by atoms with Gasteiger partial charge in [-0.15, -0.1) is 0 Å². The molecule has 0 saturated carbocycles. The summed E-state index contributed by atoms with van der Waals surface area (Å²) < 4.78 is 0. The van der Waals surface area contributed by atoms with E-state index in [2.05, 4.69) is 22.9 Å². The molecule has 2 rings (SSSR count). The summed E-state index contributed by atoms with van der Waals surface area (Å²) >= 11 is 5.93. The van der Waals surface area contributed by atoms with Crippen molar-refractivity contribution in [2.75, 3.05) is 11.4 Å². The lowest BCUT2D eigenvalue weighted by Crippen LogP contribution is -2.37. The number of aryl methyl sites for hydroxylation is 1. The second-order valence-corrected chi connectivity index (χ2v) is 4.70. The van der Waals surface area contributed by atoms with Crippen LogP contribution >= 0.6 is 11.6 Å². The largest absolute Gasteiger partial charge is 0.368 e. The van der Waals surface area contributed by atoms with Gasteiger partial charge in [-0.2, -0.15) is 0 Å². The molecule has 0 spiro atoms. The fraction of sp³-hybridized carbons (Fsp3) is 0.583. The van der Waals surface area contributed by atoms with Crippen molar-refractivity contribution in [3.8, 4) is 0 Å². The molecule has 3 heteroatoms. The minimum atomic E-state index is 0.614. The van der Waals surface area contributed by atoms with Crippen LogP contribution in [0.2, 0.25) is 5.15 Å².